The van der Waals surface area contributed by atoms with Gasteiger partial charge in [0.2, 0.25) is 0 Å². The van der Waals surface area contributed by atoms with Crippen molar-refractivity contribution >= 4 is 23.5 Å². The van der Waals surface area contributed by atoms with Crippen LogP contribution in [0.4, 0.5) is 0 Å². The van der Waals surface area contributed by atoms with Crippen LogP contribution in [0.15, 0.2) is 61.2 Å². The highest BCUT2D eigenvalue weighted by Crippen LogP contribution is 2.26. The van der Waals surface area contributed by atoms with Gasteiger partial charge in [-0.1, -0.05) is 12.1 Å². The number of nitrogens with zero attached hydrogens (tertiary/aromatic N) is 3. The summed E-state index contributed by atoms with van der Waals surface area (Å²) in [5.41, 5.74) is 4.00. The van der Waals surface area contributed by atoms with Crippen LogP contribution in [0, 0.1) is 0 Å². The Labute approximate surface area is 154 Å². The van der Waals surface area contributed by atoms with E-state index < -0.39 is 0 Å². The standard InChI is InChI=1S/C18H14N4O2.CH2O2/c1-24-18(23)16-11-20-17-15(16)9-13(10-19-17)12-4-2-5-14(8-12)22-7-3-6-21-22;2-1-3/h2-11H,1H3,(H,19,20);1H,(H,2,3). The summed E-state index contributed by atoms with van der Waals surface area (Å²) in [5.74, 6) is -0.384. The van der Waals surface area contributed by atoms with Gasteiger partial charge in [0.1, 0.15) is 5.65 Å². The van der Waals surface area contributed by atoms with Crippen molar-refractivity contribution in [3.05, 3.63) is 66.7 Å². The molecular weight excluding hydrogens is 348 g/mol. The molecule has 4 rings (SSSR count). The lowest BCUT2D eigenvalue weighted by Gasteiger charge is -2.06. The van der Waals surface area contributed by atoms with Crippen molar-refractivity contribution in [2.24, 2.45) is 0 Å². The highest BCUT2D eigenvalue weighted by Gasteiger charge is 2.14. The molecule has 0 spiro atoms. The van der Waals surface area contributed by atoms with Crippen molar-refractivity contribution in [3.63, 3.8) is 0 Å². The second-order valence-corrected chi connectivity index (χ2v) is 5.42. The van der Waals surface area contributed by atoms with Crippen LogP contribution < -0.4 is 0 Å². The Balaban J connectivity index is 0.000000659. The maximum atomic E-state index is 11.9. The zero-order valence-corrected chi connectivity index (χ0v) is 14.4. The van der Waals surface area contributed by atoms with Crippen molar-refractivity contribution in [2.75, 3.05) is 7.11 Å². The summed E-state index contributed by atoms with van der Waals surface area (Å²) >= 11 is 0. The van der Waals surface area contributed by atoms with E-state index in [1.807, 2.05) is 42.6 Å². The molecular formula is C19H16N4O4. The van der Waals surface area contributed by atoms with Crippen molar-refractivity contribution in [1.29, 1.82) is 0 Å². The number of carboxylic acid groups (broad SMARTS) is 1. The largest absolute Gasteiger partial charge is 0.483 e. The molecule has 0 radical (unpaired) electrons. The summed E-state index contributed by atoms with van der Waals surface area (Å²) in [6.07, 6.45) is 7.03. The van der Waals surface area contributed by atoms with Crippen LogP contribution in [-0.2, 0) is 9.53 Å². The topological polar surface area (TPSA) is 110 Å². The van der Waals surface area contributed by atoms with Gasteiger partial charge in [0.25, 0.3) is 6.47 Å². The molecule has 1 aromatic carbocycles. The number of hydrogen-bond acceptors (Lipinski definition) is 5. The van der Waals surface area contributed by atoms with E-state index >= 15 is 0 Å². The first kappa shape index (κ1) is 17.9. The van der Waals surface area contributed by atoms with Gasteiger partial charge in [-0.3, -0.25) is 4.79 Å². The number of esters is 1. The first-order valence-corrected chi connectivity index (χ1v) is 7.91. The fraction of sp³-hybridized carbons (Fsp3) is 0.0526. The molecule has 0 amide bonds. The summed E-state index contributed by atoms with van der Waals surface area (Å²) in [4.78, 5) is 27.6. The smallest absolute Gasteiger partial charge is 0.340 e. The molecule has 0 aliphatic heterocycles. The van der Waals surface area contributed by atoms with Gasteiger partial charge < -0.3 is 14.8 Å². The van der Waals surface area contributed by atoms with E-state index in [0.29, 0.717) is 11.2 Å². The van der Waals surface area contributed by atoms with Crippen LogP contribution in [0.3, 0.4) is 0 Å². The Bertz CT molecular complexity index is 1070. The molecule has 0 saturated heterocycles. The van der Waals surface area contributed by atoms with Crippen LogP contribution >= 0.6 is 0 Å². The molecule has 2 N–H and O–H groups in total. The van der Waals surface area contributed by atoms with Gasteiger partial charge in [-0.2, -0.15) is 5.10 Å². The molecule has 8 heteroatoms. The predicted octanol–water partition coefficient (Wildman–Crippen LogP) is 2.90. The van der Waals surface area contributed by atoms with E-state index in [4.69, 9.17) is 14.6 Å². The summed E-state index contributed by atoms with van der Waals surface area (Å²) < 4.78 is 6.62. The number of pyridine rings is 1. The molecule has 0 saturated carbocycles. The van der Waals surface area contributed by atoms with Crippen LogP contribution in [0.5, 0.6) is 0 Å². The monoisotopic (exact) mass is 364 g/mol. The molecule has 0 aliphatic carbocycles. The third-order valence-corrected chi connectivity index (χ3v) is 3.88. The Morgan fingerprint density at radius 2 is 2.07 bits per heavy atom. The van der Waals surface area contributed by atoms with Crippen LogP contribution in [-0.4, -0.2) is 44.4 Å². The Kier molecular flexibility index (Phi) is 5.27. The lowest BCUT2D eigenvalue weighted by Crippen LogP contribution is -1.99. The van der Waals surface area contributed by atoms with E-state index in [1.165, 1.54) is 7.11 Å². The predicted molar refractivity (Wildman–Crippen MR) is 98.7 cm³/mol. The fourth-order valence-electron chi connectivity index (χ4n) is 2.69. The van der Waals surface area contributed by atoms with Gasteiger partial charge >= 0.3 is 5.97 Å². The molecule has 0 bridgehead atoms. The number of H-pyrrole nitrogens is 1. The molecule has 3 aromatic heterocycles. The number of ether oxygens (including phenoxy) is 1. The fourth-order valence-corrected chi connectivity index (χ4v) is 2.69. The number of fused-ring (bicyclic) bond motifs is 1. The van der Waals surface area contributed by atoms with Gasteiger partial charge in [0, 0.05) is 35.7 Å². The number of aromatic nitrogens is 4. The number of carbonyl (C=O) groups excluding carboxylic acids is 1. The second-order valence-electron chi connectivity index (χ2n) is 5.42. The van der Waals surface area contributed by atoms with Crippen molar-refractivity contribution in [3.8, 4) is 16.8 Å². The number of methoxy groups -OCH3 is 1. The summed E-state index contributed by atoms with van der Waals surface area (Å²) in [7, 11) is 1.37. The van der Waals surface area contributed by atoms with Gasteiger partial charge in [0.05, 0.1) is 18.4 Å². The number of hydrogen-bond donors (Lipinski definition) is 2. The van der Waals surface area contributed by atoms with Crippen LogP contribution in [0.1, 0.15) is 10.4 Å². The minimum atomic E-state index is -0.384. The Hall–Kier alpha value is -3.94. The molecule has 0 atom stereocenters. The third kappa shape index (κ3) is 3.69. The quantitative estimate of drug-likeness (QED) is 0.427. The maximum absolute atomic E-state index is 11.9. The minimum absolute atomic E-state index is 0.250. The number of rotatable bonds is 3. The van der Waals surface area contributed by atoms with Gasteiger partial charge in [0.15, 0.2) is 0 Å². The van der Waals surface area contributed by atoms with Crippen molar-refractivity contribution in [1.82, 2.24) is 19.7 Å². The van der Waals surface area contributed by atoms with E-state index in [-0.39, 0.29) is 12.4 Å². The highest BCUT2D eigenvalue weighted by molar-refractivity contribution is 6.04. The van der Waals surface area contributed by atoms with Crippen molar-refractivity contribution < 1.29 is 19.4 Å². The minimum Gasteiger partial charge on any atom is -0.483 e. The molecule has 0 fully saturated rings. The van der Waals surface area contributed by atoms with Crippen LogP contribution in [0.2, 0.25) is 0 Å². The lowest BCUT2D eigenvalue weighted by molar-refractivity contribution is -0.122. The molecule has 136 valence electrons. The Morgan fingerprint density at radius 1 is 1.26 bits per heavy atom. The average Bonchev–Trinajstić information content (AvgIpc) is 3.37. The molecule has 27 heavy (non-hydrogen) atoms. The normalized spacial score (nSPS) is 10.1. The zero-order chi connectivity index (χ0) is 19.2. The van der Waals surface area contributed by atoms with Gasteiger partial charge in [-0.15, -0.1) is 0 Å². The third-order valence-electron chi connectivity index (χ3n) is 3.88. The maximum Gasteiger partial charge on any atom is 0.340 e. The van der Waals surface area contributed by atoms with E-state index in [0.717, 1.165) is 22.2 Å². The second kappa shape index (κ2) is 7.96. The molecule has 4 aromatic rings. The van der Waals surface area contributed by atoms with Gasteiger partial charge in [-0.05, 0) is 29.8 Å². The van der Waals surface area contributed by atoms with Crippen LogP contribution in [0.25, 0.3) is 27.8 Å². The number of aromatic amines is 1. The van der Waals surface area contributed by atoms with E-state index in [9.17, 15) is 4.79 Å². The molecule has 0 unspecified atom stereocenters. The number of benzene rings is 1. The van der Waals surface area contributed by atoms with E-state index in [2.05, 4.69) is 15.1 Å². The highest BCUT2D eigenvalue weighted by atomic mass is 16.5. The van der Waals surface area contributed by atoms with E-state index in [1.54, 1.807) is 23.3 Å². The first-order chi connectivity index (χ1) is 13.2. The lowest BCUT2D eigenvalue weighted by atomic mass is 10.0. The number of nitrogens with one attached hydrogen (secondary N) is 1. The average molecular weight is 364 g/mol. The van der Waals surface area contributed by atoms with Crippen molar-refractivity contribution in [2.45, 2.75) is 0 Å². The molecule has 0 aliphatic rings. The summed E-state index contributed by atoms with van der Waals surface area (Å²) in [6, 6.07) is 11.8. The Morgan fingerprint density at radius 3 is 2.78 bits per heavy atom. The SMILES string of the molecule is COC(=O)c1c[nH]c2ncc(-c3cccc(-n4cccn4)c3)cc12.O=CO. The first-order valence-electron chi connectivity index (χ1n) is 7.91. The number of carbonyl (C=O) groups is 2. The zero-order valence-electron chi connectivity index (χ0n) is 14.4. The summed E-state index contributed by atoms with van der Waals surface area (Å²) in [6.45, 7) is -0.250. The molecule has 8 nitrogen and oxygen atoms in total. The molecule has 3 heterocycles. The summed E-state index contributed by atoms with van der Waals surface area (Å²) in [5, 5.41) is 11.9. The van der Waals surface area contributed by atoms with Gasteiger partial charge in [-0.25, -0.2) is 14.5 Å².